The van der Waals surface area contributed by atoms with Crippen LogP contribution in [-0.2, 0) is 30.5 Å². The third-order valence-corrected chi connectivity index (χ3v) is 11.7. The van der Waals surface area contributed by atoms with Gasteiger partial charge in [0.15, 0.2) is 0 Å². The van der Waals surface area contributed by atoms with Crippen LogP contribution in [0.2, 0.25) is 0 Å². The van der Waals surface area contributed by atoms with Gasteiger partial charge in [0, 0.05) is 54.4 Å². The van der Waals surface area contributed by atoms with Gasteiger partial charge < -0.3 is 34.8 Å². The molecule has 2 bridgehead atoms. The van der Waals surface area contributed by atoms with Gasteiger partial charge in [-0.1, -0.05) is 31.2 Å². The zero-order chi connectivity index (χ0) is 34.1. The summed E-state index contributed by atoms with van der Waals surface area (Å²) in [6.45, 7) is 7.22. The molecule has 8 rings (SSSR count). The second kappa shape index (κ2) is 11.6. The summed E-state index contributed by atoms with van der Waals surface area (Å²) >= 11 is 0. The fraction of sp³-hybridized carbons (Fsp3) is 0.459. The number of hydrogen-bond donors (Lipinski definition) is 3. The van der Waals surface area contributed by atoms with E-state index in [2.05, 4.69) is 18.2 Å². The number of carbonyl (C=O) groups excluding carboxylic acids is 3. The second-order valence-electron chi connectivity index (χ2n) is 14.4. The molecule has 2 aromatic rings. The van der Waals surface area contributed by atoms with Crippen molar-refractivity contribution in [1.82, 2.24) is 4.90 Å². The molecular weight excluding hydrogens is 614 g/mol. The summed E-state index contributed by atoms with van der Waals surface area (Å²) in [5.74, 6) is -2.71. The quantitative estimate of drug-likeness (QED) is 0.130. The molecule has 3 unspecified atom stereocenters. The van der Waals surface area contributed by atoms with Gasteiger partial charge in [-0.05, 0) is 46.7 Å². The molecule has 4 saturated heterocycles. The lowest BCUT2D eigenvalue weighted by atomic mass is 9.68. The number of carboxylic acids is 1. The van der Waals surface area contributed by atoms with Crippen molar-refractivity contribution in [2.45, 2.75) is 58.2 Å². The number of hydrogen-bond acceptors (Lipinski definition) is 7. The summed E-state index contributed by atoms with van der Waals surface area (Å²) in [6.07, 6.45) is 4.05. The number of rotatable bonds is 10. The van der Waals surface area contributed by atoms with Gasteiger partial charge in [-0.3, -0.25) is 9.59 Å². The predicted molar refractivity (Wildman–Crippen MR) is 175 cm³/mol. The zero-order valence-electron chi connectivity index (χ0n) is 27.5. The van der Waals surface area contributed by atoms with Crippen LogP contribution in [0.25, 0.3) is 16.7 Å². The number of methoxy groups -OCH3 is 1. The maximum absolute atomic E-state index is 12.8. The van der Waals surface area contributed by atoms with E-state index < -0.39 is 30.0 Å². The first-order valence-electron chi connectivity index (χ1n) is 16.7. The Balaban J connectivity index is 1.19. The Kier molecular flexibility index (Phi) is 7.75. The molecule has 2 amide bonds. The van der Waals surface area contributed by atoms with E-state index in [9.17, 15) is 29.4 Å². The Bertz CT molecular complexity index is 1780. The number of carbonyl (C=O) groups is 4. The standard InChI is InChI=1S/C37H41N3O8/c1-20-27(34(36(45)46)39-33(20)31(21(2)41)35(39)44)19-48-28-6-4-5-23-26(16-30(43)47-3)25-15-22(7-8-24(25)32(23)28)18-40-12-9-37(10-13-40,11-14-40)17-29(38)42/h4-8,15-16,20-21,31,33,41H,9-14,17-19H2,1-3H3,(H2-,38,42,45,46)/p+1/b26-16+/t20-,21?,31?,33?,37?,40?/m0/s1. The van der Waals surface area contributed by atoms with Crippen LogP contribution in [0.4, 0.5) is 0 Å². The average Bonchev–Trinajstić information content (AvgIpc) is 3.49. The summed E-state index contributed by atoms with van der Waals surface area (Å²) in [7, 11) is 1.35. The molecule has 252 valence electrons. The van der Waals surface area contributed by atoms with Crippen molar-refractivity contribution in [2.75, 3.05) is 33.4 Å². The van der Waals surface area contributed by atoms with Crippen molar-refractivity contribution >= 4 is 29.3 Å². The van der Waals surface area contributed by atoms with Crippen molar-refractivity contribution in [3.8, 4) is 16.9 Å². The van der Waals surface area contributed by atoms with E-state index in [-0.39, 0.29) is 35.5 Å². The van der Waals surface area contributed by atoms with Crippen LogP contribution in [0.3, 0.4) is 0 Å². The molecule has 0 aromatic heterocycles. The molecule has 5 heterocycles. The number of esters is 1. The third-order valence-electron chi connectivity index (χ3n) is 11.7. The van der Waals surface area contributed by atoms with Crippen LogP contribution in [-0.4, -0.2) is 88.8 Å². The first-order valence-corrected chi connectivity index (χ1v) is 16.7. The van der Waals surface area contributed by atoms with Gasteiger partial charge in [-0.25, -0.2) is 9.59 Å². The molecule has 11 nitrogen and oxygen atoms in total. The van der Waals surface area contributed by atoms with E-state index in [1.54, 1.807) is 6.92 Å². The first-order chi connectivity index (χ1) is 22.9. The Morgan fingerprint density at radius 2 is 1.81 bits per heavy atom. The molecule has 1 aliphatic carbocycles. The number of benzene rings is 2. The topological polar surface area (TPSA) is 156 Å². The van der Waals surface area contributed by atoms with E-state index in [1.807, 2.05) is 25.1 Å². The van der Waals surface area contributed by atoms with Gasteiger partial charge in [0.25, 0.3) is 0 Å². The summed E-state index contributed by atoms with van der Waals surface area (Å²) < 4.78 is 12.4. The minimum absolute atomic E-state index is 0.0429. The first kappa shape index (κ1) is 32.1. The molecule has 4 fully saturated rings. The van der Waals surface area contributed by atoms with Gasteiger partial charge in [-0.15, -0.1) is 0 Å². The smallest absolute Gasteiger partial charge is 0.352 e. The number of carboxylic acid groups (broad SMARTS) is 1. The molecule has 4 N–H and O–H groups in total. The maximum atomic E-state index is 12.8. The van der Waals surface area contributed by atoms with Gasteiger partial charge in [0.2, 0.25) is 11.8 Å². The molecule has 0 radical (unpaired) electrons. The molecule has 6 aliphatic rings. The van der Waals surface area contributed by atoms with Crippen LogP contribution in [0.1, 0.15) is 56.2 Å². The van der Waals surface area contributed by atoms with Crippen molar-refractivity contribution < 1.29 is 43.3 Å². The summed E-state index contributed by atoms with van der Waals surface area (Å²) in [6, 6.07) is 11.5. The number of amides is 2. The Morgan fingerprint density at radius 3 is 2.44 bits per heavy atom. The molecular formula is C37H42N3O8+. The van der Waals surface area contributed by atoms with Crippen LogP contribution < -0.4 is 10.5 Å². The minimum Gasteiger partial charge on any atom is -0.488 e. The number of nitrogens with zero attached hydrogens (tertiary/aromatic N) is 2. The Labute approximate surface area is 279 Å². The second-order valence-corrected chi connectivity index (χ2v) is 14.4. The number of primary amides is 1. The third kappa shape index (κ3) is 5.02. The Morgan fingerprint density at radius 1 is 1.10 bits per heavy atom. The van der Waals surface area contributed by atoms with Gasteiger partial charge in [-0.2, -0.15) is 0 Å². The lowest BCUT2D eigenvalue weighted by Gasteiger charge is -2.54. The Hall–Kier alpha value is -4.48. The van der Waals surface area contributed by atoms with E-state index in [0.29, 0.717) is 17.7 Å². The maximum Gasteiger partial charge on any atom is 0.352 e. The molecule has 0 saturated carbocycles. The highest BCUT2D eigenvalue weighted by Gasteiger charge is 2.60. The van der Waals surface area contributed by atoms with Gasteiger partial charge in [0.1, 0.15) is 24.6 Å². The predicted octanol–water partition coefficient (Wildman–Crippen LogP) is 3.22. The van der Waals surface area contributed by atoms with E-state index in [0.717, 1.165) is 83.3 Å². The zero-order valence-corrected chi connectivity index (χ0v) is 27.5. The van der Waals surface area contributed by atoms with Gasteiger partial charge in [0.05, 0.1) is 44.8 Å². The fourth-order valence-corrected chi connectivity index (χ4v) is 9.14. The lowest BCUT2D eigenvalue weighted by Crippen LogP contribution is -2.63. The summed E-state index contributed by atoms with van der Waals surface area (Å²) in [4.78, 5) is 50.8. The van der Waals surface area contributed by atoms with Crippen molar-refractivity contribution in [3.63, 3.8) is 0 Å². The van der Waals surface area contributed by atoms with Gasteiger partial charge >= 0.3 is 11.9 Å². The molecule has 48 heavy (non-hydrogen) atoms. The van der Waals surface area contributed by atoms with E-state index in [4.69, 9.17) is 15.2 Å². The summed E-state index contributed by atoms with van der Waals surface area (Å²) in [5.41, 5.74) is 11.3. The largest absolute Gasteiger partial charge is 0.488 e. The number of β-lactam (4-membered cyclic amide) rings is 1. The number of aliphatic hydroxyl groups is 1. The van der Waals surface area contributed by atoms with Crippen LogP contribution in [0, 0.1) is 17.3 Å². The van der Waals surface area contributed by atoms with Crippen molar-refractivity contribution in [2.24, 2.45) is 23.0 Å². The molecule has 4 atom stereocenters. The summed E-state index contributed by atoms with van der Waals surface area (Å²) in [5, 5.41) is 20.3. The number of fused-ring (bicyclic) bond motifs is 7. The van der Waals surface area contributed by atoms with Crippen LogP contribution >= 0.6 is 0 Å². The van der Waals surface area contributed by atoms with Crippen LogP contribution in [0.15, 0.2) is 53.7 Å². The number of ether oxygens (including phenoxy) is 2. The SMILES string of the molecule is COC(=O)/C=C1/c2cc(C[N+]34CCC(CC(N)=O)(CC3)CC4)ccc2-c2c(OCC3=C(C(=O)O)N4C(=O)C(C(C)O)C4[C@H]3C)cccc21. The minimum atomic E-state index is -1.20. The lowest BCUT2D eigenvalue weighted by molar-refractivity contribution is -0.957. The molecule has 5 aliphatic heterocycles. The van der Waals surface area contributed by atoms with E-state index >= 15 is 0 Å². The number of quaternary nitrogens is 1. The van der Waals surface area contributed by atoms with Crippen molar-refractivity contribution in [1.29, 1.82) is 0 Å². The van der Waals surface area contributed by atoms with Crippen LogP contribution in [0.5, 0.6) is 5.75 Å². The fourth-order valence-electron chi connectivity index (χ4n) is 9.14. The van der Waals surface area contributed by atoms with Crippen molar-refractivity contribution in [3.05, 3.63) is 70.4 Å². The number of aliphatic carboxylic acids is 1. The van der Waals surface area contributed by atoms with E-state index in [1.165, 1.54) is 18.1 Å². The monoisotopic (exact) mass is 656 g/mol. The highest BCUT2D eigenvalue weighted by Crippen LogP contribution is 2.52. The highest BCUT2D eigenvalue weighted by molar-refractivity contribution is 6.08. The number of nitrogens with two attached hydrogens (primary N) is 1. The molecule has 11 heteroatoms. The highest BCUT2D eigenvalue weighted by atomic mass is 16.5. The molecule has 2 aromatic carbocycles. The number of aliphatic hydroxyl groups excluding tert-OH is 1. The number of piperidine rings is 3. The average molecular weight is 657 g/mol. The normalized spacial score (nSPS) is 29.7. The molecule has 0 spiro atoms.